The number of esters is 2. The lowest BCUT2D eigenvalue weighted by atomic mass is 9.59. The van der Waals surface area contributed by atoms with Gasteiger partial charge in [-0.2, -0.15) is 0 Å². The van der Waals surface area contributed by atoms with Gasteiger partial charge in [-0.1, -0.05) is 39.0 Å². The van der Waals surface area contributed by atoms with E-state index in [1.165, 1.54) is 6.92 Å². The van der Waals surface area contributed by atoms with E-state index >= 15 is 0 Å². The third-order valence-corrected chi connectivity index (χ3v) is 8.99. The van der Waals surface area contributed by atoms with Crippen LogP contribution in [-0.4, -0.2) is 41.1 Å². The van der Waals surface area contributed by atoms with Crippen molar-refractivity contribution in [1.82, 2.24) is 0 Å². The maximum Gasteiger partial charge on any atom is 0.334 e. The molecule has 1 N–H and O–H groups in total. The van der Waals surface area contributed by atoms with Gasteiger partial charge in [0.25, 0.3) is 0 Å². The number of hydrogen-bond donors (Lipinski definition) is 1. The third-order valence-electron chi connectivity index (χ3n) is 8.99. The van der Waals surface area contributed by atoms with Crippen LogP contribution in [-0.2, 0) is 23.9 Å². The van der Waals surface area contributed by atoms with Crippen LogP contribution < -0.4 is 0 Å². The Labute approximate surface area is 196 Å². The van der Waals surface area contributed by atoms with Crippen molar-refractivity contribution in [2.24, 2.45) is 34.5 Å². The quantitative estimate of drug-likeness (QED) is 0.392. The fraction of sp³-hybridized carbons (Fsp3) is 0.667. The summed E-state index contributed by atoms with van der Waals surface area (Å²) < 4.78 is 11.2. The molecule has 180 valence electrons. The van der Waals surface area contributed by atoms with Gasteiger partial charge in [0.2, 0.25) is 0 Å². The van der Waals surface area contributed by atoms with E-state index in [-0.39, 0.29) is 42.0 Å². The Morgan fingerprint density at radius 3 is 2.55 bits per heavy atom. The van der Waals surface area contributed by atoms with Crippen molar-refractivity contribution in [3.05, 3.63) is 34.9 Å². The Bertz CT molecular complexity index is 1000. The number of rotatable bonds is 4. The number of hydrogen-bond acceptors (Lipinski definition) is 6. The van der Waals surface area contributed by atoms with Gasteiger partial charge in [-0.3, -0.25) is 9.59 Å². The number of aliphatic hydroxyl groups is 1. The summed E-state index contributed by atoms with van der Waals surface area (Å²) >= 11 is 0. The van der Waals surface area contributed by atoms with Gasteiger partial charge in [0.15, 0.2) is 11.9 Å². The number of carbonyl (C=O) groups excluding carboxylic acids is 3. The zero-order valence-corrected chi connectivity index (χ0v) is 20.7. The molecule has 2 bridgehead atoms. The molecule has 4 rings (SSSR count). The number of allylic oxidation sites excluding steroid dienone is 2. The van der Waals surface area contributed by atoms with E-state index in [1.807, 2.05) is 26.0 Å². The molecular formula is C27H36O6. The third kappa shape index (κ3) is 3.28. The number of ketones is 1. The summed E-state index contributed by atoms with van der Waals surface area (Å²) in [5.41, 5.74) is -0.924. The molecule has 0 saturated heterocycles. The van der Waals surface area contributed by atoms with Gasteiger partial charge in [0.1, 0.15) is 12.2 Å². The van der Waals surface area contributed by atoms with Gasteiger partial charge in [-0.15, -0.1) is 0 Å². The van der Waals surface area contributed by atoms with Gasteiger partial charge in [-0.05, 0) is 61.5 Å². The molecule has 0 amide bonds. The van der Waals surface area contributed by atoms with Crippen molar-refractivity contribution in [1.29, 1.82) is 0 Å². The van der Waals surface area contributed by atoms with E-state index in [1.54, 1.807) is 19.9 Å². The molecule has 6 nitrogen and oxygen atoms in total. The molecule has 0 aromatic heterocycles. The maximum atomic E-state index is 14.3. The lowest BCUT2D eigenvalue weighted by molar-refractivity contribution is -0.178. The van der Waals surface area contributed by atoms with Crippen LogP contribution in [0.4, 0.5) is 0 Å². The van der Waals surface area contributed by atoms with Crippen molar-refractivity contribution in [2.75, 3.05) is 6.61 Å². The molecule has 6 heteroatoms. The molecule has 0 aromatic carbocycles. The Morgan fingerprint density at radius 2 is 1.94 bits per heavy atom. The lowest BCUT2D eigenvalue weighted by Gasteiger charge is -2.47. The molecule has 0 aromatic rings. The Balaban J connectivity index is 1.84. The largest absolute Gasteiger partial charge is 0.461 e. The van der Waals surface area contributed by atoms with Crippen LogP contribution in [0.5, 0.6) is 0 Å². The second kappa shape index (κ2) is 7.66. The minimum atomic E-state index is -1.64. The number of carbonyl (C=O) groups is 3. The van der Waals surface area contributed by atoms with Crippen LogP contribution in [0.15, 0.2) is 34.9 Å². The van der Waals surface area contributed by atoms with Crippen LogP contribution >= 0.6 is 0 Å². The van der Waals surface area contributed by atoms with Crippen LogP contribution in [0.1, 0.15) is 61.3 Å². The molecule has 2 fully saturated rings. The Kier molecular flexibility index (Phi) is 5.55. The minimum Gasteiger partial charge on any atom is -0.461 e. The van der Waals surface area contributed by atoms with Crippen LogP contribution in [0.3, 0.4) is 0 Å². The van der Waals surface area contributed by atoms with Gasteiger partial charge in [-0.25, -0.2) is 4.79 Å². The van der Waals surface area contributed by atoms with Crippen LogP contribution in [0.2, 0.25) is 0 Å². The van der Waals surface area contributed by atoms with Crippen molar-refractivity contribution in [3.63, 3.8) is 0 Å². The second-order valence-electron chi connectivity index (χ2n) is 11.2. The van der Waals surface area contributed by atoms with E-state index < -0.39 is 29.1 Å². The monoisotopic (exact) mass is 456 g/mol. The van der Waals surface area contributed by atoms with Gasteiger partial charge in [0.05, 0.1) is 5.41 Å². The molecule has 0 unspecified atom stereocenters. The van der Waals surface area contributed by atoms with E-state index in [2.05, 4.69) is 13.8 Å². The molecule has 2 saturated carbocycles. The van der Waals surface area contributed by atoms with Crippen molar-refractivity contribution < 1.29 is 29.0 Å². The first-order valence-electron chi connectivity index (χ1n) is 11.9. The number of Topliss-reactive ketones (excluding diaryl/α,β-unsaturated/α-hetero) is 1. The predicted octanol–water partition coefficient (Wildman–Crippen LogP) is 3.93. The first kappa shape index (κ1) is 23.9. The molecule has 7 atom stereocenters. The van der Waals surface area contributed by atoms with E-state index in [4.69, 9.17) is 9.47 Å². The van der Waals surface area contributed by atoms with Gasteiger partial charge in [0, 0.05) is 24.8 Å². The standard InChI is InChI=1S/C27H36O6/c1-8-14(2)24(30)33-23-15(3)11-26-16(4)9-20-21(25(20,6)7)19(22(26)29)10-18(12-27(23,26)31)13-32-17(5)28/h8,10-11,16,19-21,23,31H,9,12-13H2,1-7H3/b14-8-/t16-,19+,20-,21+,23+,26+,27+/m1/s1. The van der Waals surface area contributed by atoms with Gasteiger partial charge < -0.3 is 14.6 Å². The molecule has 0 heterocycles. The smallest absolute Gasteiger partial charge is 0.334 e. The molecular weight excluding hydrogens is 420 g/mol. The Hall–Kier alpha value is -2.21. The van der Waals surface area contributed by atoms with Crippen LogP contribution in [0.25, 0.3) is 0 Å². The zero-order valence-electron chi connectivity index (χ0n) is 20.7. The highest BCUT2D eigenvalue weighted by atomic mass is 16.6. The molecule has 0 aliphatic heterocycles. The highest BCUT2D eigenvalue weighted by Gasteiger charge is 2.74. The Morgan fingerprint density at radius 1 is 1.27 bits per heavy atom. The summed E-state index contributed by atoms with van der Waals surface area (Å²) in [7, 11) is 0. The first-order chi connectivity index (χ1) is 15.3. The summed E-state index contributed by atoms with van der Waals surface area (Å²) in [6.45, 7) is 13.1. The summed E-state index contributed by atoms with van der Waals surface area (Å²) in [5, 5.41) is 12.4. The topological polar surface area (TPSA) is 89.9 Å². The highest BCUT2D eigenvalue weighted by molar-refractivity contribution is 5.95. The molecule has 4 aliphatic carbocycles. The second-order valence-corrected chi connectivity index (χ2v) is 11.2. The van der Waals surface area contributed by atoms with Crippen LogP contribution in [0, 0.1) is 34.5 Å². The highest BCUT2D eigenvalue weighted by Crippen LogP contribution is 2.71. The molecule has 1 spiro atoms. The van der Waals surface area contributed by atoms with Crippen molar-refractivity contribution >= 4 is 17.7 Å². The molecule has 33 heavy (non-hydrogen) atoms. The van der Waals surface area contributed by atoms with E-state index in [0.717, 1.165) is 6.42 Å². The normalized spacial score (nSPS) is 41.0. The first-order valence-corrected chi connectivity index (χ1v) is 11.9. The van der Waals surface area contributed by atoms with E-state index in [0.29, 0.717) is 22.6 Å². The maximum absolute atomic E-state index is 14.3. The van der Waals surface area contributed by atoms with Crippen molar-refractivity contribution in [2.45, 2.75) is 73.0 Å². The fourth-order valence-corrected chi connectivity index (χ4v) is 7.08. The molecule has 4 aliphatic rings. The summed E-state index contributed by atoms with van der Waals surface area (Å²) in [5.74, 6) is -0.878. The van der Waals surface area contributed by atoms with E-state index in [9.17, 15) is 19.5 Å². The average molecular weight is 457 g/mol. The average Bonchev–Trinajstić information content (AvgIpc) is 3.24. The zero-order chi connectivity index (χ0) is 24.5. The summed E-state index contributed by atoms with van der Waals surface area (Å²) in [6.07, 6.45) is 5.47. The number of ether oxygens (including phenoxy) is 2. The fourth-order valence-electron chi connectivity index (χ4n) is 7.08. The summed E-state index contributed by atoms with van der Waals surface area (Å²) in [6, 6.07) is 0. The van der Waals surface area contributed by atoms with Crippen molar-refractivity contribution in [3.8, 4) is 0 Å². The number of fused-ring (bicyclic) bond motifs is 3. The SMILES string of the molecule is C/C=C(/C)C(=O)O[C@H]1C(C)=C[C@]23C(=O)[C@@H](C=C(COC(C)=O)C[C@]12O)[C@H]1[C@@H](C[C@H]3C)C1(C)C. The predicted molar refractivity (Wildman–Crippen MR) is 123 cm³/mol. The van der Waals surface area contributed by atoms with Gasteiger partial charge >= 0.3 is 11.9 Å². The minimum absolute atomic E-state index is 0.00551. The molecule has 0 radical (unpaired) electrons. The summed E-state index contributed by atoms with van der Waals surface area (Å²) in [4.78, 5) is 38.6. The lowest BCUT2D eigenvalue weighted by Crippen LogP contribution is -2.60.